The van der Waals surface area contributed by atoms with E-state index >= 15 is 0 Å². The van der Waals surface area contributed by atoms with Gasteiger partial charge in [-0.2, -0.15) is 5.26 Å². The monoisotopic (exact) mass is 373 g/mol. The molecule has 0 radical (unpaired) electrons. The Morgan fingerprint density at radius 1 is 1.26 bits per heavy atom. The lowest BCUT2D eigenvalue weighted by molar-refractivity contribution is -0.131. The highest BCUT2D eigenvalue weighted by Gasteiger charge is 2.21. The SMILES string of the molecule is CC(C)(C)OC(=O)NCCCC(=O)N1CCN(c2ccc(C#N)cn2)CC1. The standard InChI is InChI=1S/C19H27N5O3/c1-19(2,3)27-18(26)21-8-4-5-17(25)24-11-9-23(10-12-24)16-7-6-15(13-20)14-22-16/h6-7,14H,4-5,8-12H2,1-3H3,(H,21,26). The Kier molecular flexibility index (Phi) is 6.99. The molecule has 1 aromatic rings. The van der Waals surface area contributed by atoms with Gasteiger partial charge >= 0.3 is 6.09 Å². The first-order valence-corrected chi connectivity index (χ1v) is 9.14. The number of anilines is 1. The number of piperazine rings is 1. The molecule has 0 aliphatic carbocycles. The number of nitrogens with zero attached hydrogens (tertiary/aromatic N) is 4. The van der Waals surface area contributed by atoms with E-state index < -0.39 is 11.7 Å². The fourth-order valence-electron chi connectivity index (χ4n) is 2.73. The van der Waals surface area contributed by atoms with Gasteiger partial charge in [-0.05, 0) is 39.3 Å². The Hall–Kier alpha value is -2.82. The molecular formula is C19H27N5O3. The summed E-state index contributed by atoms with van der Waals surface area (Å²) in [6.45, 7) is 8.53. The third kappa shape index (κ3) is 6.77. The summed E-state index contributed by atoms with van der Waals surface area (Å²) < 4.78 is 5.15. The highest BCUT2D eigenvalue weighted by atomic mass is 16.6. The number of alkyl carbamates (subject to hydrolysis) is 1. The average Bonchev–Trinajstić information content (AvgIpc) is 2.64. The average molecular weight is 373 g/mol. The highest BCUT2D eigenvalue weighted by Crippen LogP contribution is 2.14. The lowest BCUT2D eigenvalue weighted by Gasteiger charge is -2.35. The normalized spacial score (nSPS) is 14.4. The quantitative estimate of drug-likeness (QED) is 0.792. The summed E-state index contributed by atoms with van der Waals surface area (Å²) in [7, 11) is 0. The van der Waals surface area contributed by atoms with Crippen molar-refractivity contribution in [3.63, 3.8) is 0 Å². The smallest absolute Gasteiger partial charge is 0.407 e. The predicted molar refractivity (Wildman–Crippen MR) is 101 cm³/mol. The number of rotatable bonds is 5. The van der Waals surface area contributed by atoms with Crippen LogP contribution in [0.3, 0.4) is 0 Å². The molecule has 8 heteroatoms. The first kappa shape index (κ1) is 20.5. The van der Waals surface area contributed by atoms with Crippen molar-refractivity contribution in [2.45, 2.75) is 39.2 Å². The molecule has 1 aliphatic rings. The molecule has 1 N–H and O–H groups in total. The first-order valence-electron chi connectivity index (χ1n) is 9.14. The molecule has 8 nitrogen and oxygen atoms in total. The number of pyridine rings is 1. The van der Waals surface area contributed by atoms with Crippen LogP contribution in [0.4, 0.5) is 10.6 Å². The molecule has 146 valence electrons. The number of hydrogen-bond donors (Lipinski definition) is 1. The minimum absolute atomic E-state index is 0.0911. The van der Waals surface area contributed by atoms with Crippen molar-refractivity contribution < 1.29 is 14.3 Å². The van der Waals surface area contributed by atoms with Gasteiger partial charge in [0.05, 0.1) is 5.56 Å². The van der Waals surface area contributed by atoms with Crippen molar-refractivity contribution >= 4 is 17.8 Å². The van der Waals surface area contributed by atoms with Crippen LogP contribution in [0.1, 0.15) is 39.2 Å². The molecule has 27 heavy (non-hydrogen) atoms. The molecule has 2 heterocycles. The van der Waals surface area contributed by atoms with E-state index in [1.54, 1.807) is 12.3 Å². The lowest BCUT2D eigenvalue weighted by atomic mass is 10.2. The molecule has 1 aliphatic heterocycles. The van der Waals surface area contributed by atoms with Crippen LogP contribution >= 0.6 is 0 Å². The van der Waals surface area contributed by atoms with Crippen LogP contribution < -0.4 is 10.2 Å². The number of nitriles is 1. The van der Waals surface area contributed by atoms with E-state index in [0.29, 0.717) is 51.1 Å². The van der Waals surface area contributed by atoms with Gasteiger partial charge in [-0.25, -0.2) is 9.78 Å². The topological polar surface area (TPSA) is 98.6 Å². The zero-order valence-electron chi connectivity index (χ0n) is 16.2. The summed E-state index contributed by atoms with van der Waals surface area (Å²) in [4.78, 5) is 32.1. The molecule has 1 saturated heterocycles. The van der Waals surface area contributed by atoms with Crippen LogP contribution in [0.5, 0.6) is 0 Å². The number of carbonyl (C=O) groups excluding carboxylic acids is 2. The van der Waals surface area contributed by atoms with Gasteiger partial charge in [-0.3, -0.25) is 4.79 Å². The Bertz CT molecular complexity index is 683. The summed E-state index contributed by atoms with van der Waals surface area (Å²) in [5, 5.41) is 11.5. The van der Waals surface area contributed by atoms with Crippen molar-refractivity contribution in [2.24, 2.45) is 0 Å². The van der Waals surface area contributed by atoms with Gasteiger partial charge in [0.2, 0.25) is 5.91 Å². The van der Waals surface area contributed by atoms with Crippen LogP contribution in [-0.2, 0) is 9.53 Å². The largest absolute Gasteiger partial charge is 0.444 e. The summed E-state index contributed by atoms with van der Waals surface area (Å²) in [5.41, 5.74) is 0.0103. The van der Waals surface area contributed by atoms with E-state index in [-0.39, 0.29) is 5.91 Å². The summed E-state index contributed by atoms with van der Waals surface area (Å²) in [5.74, 6) is 0.913. The van der Waals surface area contributed by atoms with Crippen LogP contribution in [0.2, 0.25) is 0 Å². The van der Waals surface area contributed by atoms with Gasteiger partial charge in [-0.15, -0.1) is 0 Å². The number of ether oxygens (including phenoxy) is 1. The Morgan fingerprint density at radius 2 is 1.96 bits per heavy atom. The van der Waals surface area contributed by atoms with Gasteiger partial charge in [0.15, 0.2) is 0 Å². The molecule has 0 unspecified atom stereocenters. The molecule has 1 aromatic heterocycles. The van der Waals surface area contributed by atoms with Crippen molar-refractivity contribution in [1.82, 2.24) is 15.2 Å². The zero-order chi connectivity index (χ0) is 19.9. The Morgan fingerprint density at radius 3 is 2.52 bits per heavy atom. The molecule has 2 amide bonds. The number of aromatic nitrogens is 1. The lowest BCUT2D eigenvalue weighted by Crippen LogP contribution is -2.49. The fraction of sp³-hybridized carbons (Fsp3) is 0.579. The maximum absolute atomic E-state index is 12.3. The van der Waals surface area contributed by atoms with Crippen LogP contribution in [0.15, 0.2) is 18.3 Å². The van der Waals surface area contributed by atoms with Crippen molar-refractivity contribution in [3.8, 4) is 6.07 Å². The maximum Gasteiger partial charge on any atom is 0.407 e. The fourth-order valence-corrected chi connectivity index (χ4v) is 2.73. The second-order valence-electron chi connectivity index (χ2n) is 7.42. The van der Waals surface area contributed by atoms with Gasteiger partial charge in [0.25, 0.3) is 0 Å². The van der Waals surface area contributed by atoms with Crippen molar-refractivity contribution in [1.29, 1.82) is 5.26 Å². The van der Waals surface area contributed by atoms with E-state index in [1.165, 1.54) is 0 Å². The molecule has 0 aromatic carbocycles. The molecule has 0 atom stereocenters. The maximum atomic E-state index is 12.3. The number of amides is 2. The molecule has 2 rings (SSSR count). The van der Waals surface area contributed by atoms with E-state index in [1.807, 2.05) is 31.7 Å². The third-order valence-electron chi connectivity index (χ3n) is 4.07. The van der Waals surface area contributed by atoms with E-state index in [2.05, 4.69) is 21.3 Å². The molecule has 0 saturated carbocycles. The molecule has 0 spiro atoms. The summed E-state index contributed by atoms with van der Waals surface area (Å²) >= 11 is 0. The van der Waals surface area contributed by atoms with E-state index in [4.69, 9.17) is 10.00 Å². The first-order chi connectivity index (χ1) is 12.8. The molecule has 0 bridgehead atoms. The van der Waals surface area contributed by atoms with Crippen LogP contribution in [-0.4, -0.2) is 60.2 Å². The van der Waals surface area contributed by atoms with Gasteiger partial charge in [0, 0.05) is 45.3 Å². The number of nitrogens with one attached hydrogen (secondary N) is 1. The van der Waals surface area contributed by atoms with Crippen molar-refractivity contribution in [3.05, 3.63) is 23.9 Å². The van der Waals surface area contributed by atoms with Crippen LogP contribution in [0, 0.1) is 11.3 Å². The second-order valence-corrected chi connectivity index (χ2v) is 7.42. The van der Waals surface area contributed by atoms with E-state index in [0.717, 1.165) is 5.82 Å². The third-order valence-corrected chi connectivity index (χ3v) is 4.07. The summed E-state index contributed by atoms with van der Waals surface area (Å²) in [6, 6.07) is 5.63. The van der Waals surface area contributed by atoms with Crippen LogP contribution in [0.25, 0.3) is 0 Å². The highest BCUT2D eigenvalue weighted by molar-refractivity contribution is 5.76. The molecular weight excluding hydrogens is 346 g/mol. The number of hydrogen-bond acceptors (Lipinski definition) is 6. The van der Waals surface area contributed by atoms with Gasteiger partial charge < -0.3 is 19.9 Å². The van der Waals surface area contributed by atoms with Crippen molar-refractivity contribution in [2.75, 3.05) is 37.6 Å². The van der Waals surface area contributed by atoms with Gasteiger partial charge in [-0.1, -0.05) is 0 Å². The summed E-state index contributed by atoms with van der Waals surface area (Å²) in [6.07, 6.45) is 2.07. The minimum atomic E-state index is -0.524. The van der Waals surface area contributed by atoms with Gasteiger partial charge in [0.1, 0.15) is 17.5 Å². The molecule has 1 fully saturated rings. The Balaban J connectivity index is 1.67. The number of carbonyl (C=O) groups is 2. The Labute approximate surface area is 160 Å². The predicted octanol–water partition coefficient (Wildman–Crippen LogP) is 1.91. The van der Waals surface area contributed by atoms with E-state index in [9.17, 15) is 9.59 Å². The zero-order valence-corrected chi connectivity index (χ0v) is 16.2. The minimum Gasteiger partial charge on any atom is -0.444 e. The second kappa shape index (κ2) is 9.21.